The minimum Gasteiger partial charge on any atom is -0.497 e. The number of benzene rings is 1. The summed E-state index contributed by atoms with van der Waals surface area (Å²) in [7, 11) is 3.29. The zero-order valence-corrected chi connectivity index (χ0v) is 23.8. The summed E-state index contributed by atoms with van der Waals surface area (Å²) in [6, 6.07) is 13.5. The topological polar surface area (TPSA) is 129 Å². The van der Waals surface area contributed by atoms with Gasteiger partial charge in [-0.1, -0.05) is 18.2 Å². The van der Waals surface area contributed by atoms with Gasteiger partial charge in [-0.05, 0) is 54.8 Å². The predicted molar refractivity (Wildman–Crippen MR) is 161 cm³/mol. The van der Waals surface area contributed by atoms with Crippen LogP contribution in [0.15, 0.2) is 78.9 Å². The molecule has 43 heavy (non-hydrogen) atoms. The summed E-state index contributed by atoms with van der Waals surface area (Å²) in [6.07, 6.45) is 9.17. The number of nitrogens with one attached hydrogen (secondary N) is 2. The fourth-order valence-corrected chi connectivity index (χ4v) is 5.64. The first kappa shape index (κ1) is 26.9. The quantitative estimate of drug-likeness (QED) is 0.272. The number of carbonyl (C=O) groups is 1. The highest BCUT2D eigenvalue weighted by Gasteiger charge is 2.39. The highest BCUT2D eigenvalue weighted by molar-refractivity contribution is 5.95. The van der Waals surface area contributed by atoms with Crippen LogP contribution in [0.2, 0.25) is 0 Å². The number of hydrogen-bond acceptors (Lipinski definition) is 10. The van der Waals surface area contributed by atoms with Crippen molar-refractivity contribution >= 4 is 28.9 Å². The van der Waals surface area contributed by atoms with Crippen molar-refractivity contribution in [3.8, 4) is 5.75 Å². The number of rotatable bonds is 9. The van der Waals surface area contributed by atoms with E-state index in [1.165, 1.54) is 0 Å². The van der Waals surface area contributed by atoms with Gasteiger partial charge in [0.25, 0.3) is 5.91 Å². The summed E-state index contributed by atoms with van der Waals surface area (Å²) >= 11 is 0. The minimum atomic E-state index is -1.02. The van der Waals surface area contributed by atoms with E-state index in [1.54, 1.807) is 42.2 Å². The van der Waals surface area contributed by atoms with Crippen LogP contribution in [0.5, 0.6) is 5.75 Å². The van der Waals surface area contributed by atoms with E-state index in [2.05, 4.69) is 25.5 Å². The van der Waals surface area contributed by atoms with E-state index in [1.807, 2.05) is 54.6 Å². The van der Waals surface area contributed by atoms with Gasteiger partial charge in [0, 0.05) is 38.2 Å². The van der Waals surface area contributed by atoms with E-state index >= 15 is 0 Å². The van der Waals surface area contributed by atoms with Gasteiger partial charge in [0.15, 0.2) is 23.4 Å². The zero-order chi connectivity index (χ0) is 29.5. The molecule has 1 saturated carbocycles. The number of ether oxygens (including phenoxy) is 2. The second-order valence-electron chi connectivity index (χ2n) is 10.7. The van der Waals surface area contributed by atoms with Gasteiger partial charge in [-0.2, -0.15) is 0 Å². The molecule has 4 aromatic rings. The monoisotopic (exact) mass is 580 g/mol. The van der Waals surface area contributed by atoms with Gasteiger partial charge in [-0.25, -0.2) is 14.5 Å². The van der Waals surface area contributed by atoms with Gasteiger partial charge in [0.2, 0.25) is 0 Å². The highest BCUT2D eigenvalue weighted by Crippen LogP contribution is 2.38. The molecule has 220 valence electrons. The predicted octanol–water partition coefficient (Wildman–Crippen LogP) is 2.86. The van der Waals surface area contributed by atoms with E-state index in [-0.39, 0.29) is 18.1 Å². The lowest BCUT2D eigenvalue weighted by atomic mass is 10.2. The lowest BCUT2D eigenvalue weighted by Gasteiger charge is -2.30. The Bertz CT molecular complexity index is 1720. The number of nitrogens with zero attached hydrogens (tertiary/aromatic N) is 6. The van der Waals surface area contributed by atoms with Gasteiger partial charge in [0.1, 0.15) is 11.6 Å². The van der Waals surface area contributed by atoms with Gasteiger partial charge in [0.05, 0.1) is 36.8 Å². The van der Waals surface area contributed by atoms with Crippen LogP contribution in [0.3, 0.4) is 0 Å². The number of aliphatic hydroxyl groups is 1. The Balaban J connectivity index is 1.25. The molecule has 3 aromatic heterocycles. The molecule has 0 radical (unpaired) electrons. The molecule has 2 aliphatic heterocycles. The number of allylic oxidation sites excluding steroid dienone is 2. The number of fused-ring (bicyclic) bond motifs is 3. The van der Waals surface area contributed by atoms with Crippen molar-refractivity contribution in [2.75, 3.05) is 35.9 Å². The molecule has 0 bridgehead atoms. The number of carbonyl (C=O) groups excluding carboxylic acids is 1. The van der Waals surface area contributed by atoms with Crippen LogP contribution < -0.4 is 25.2 Å². The Hall–Kier alpha value is -4.94. The van der Waals surface area contributed by atoms with Crippen molar-refractivity contribution in [2.45, 2.75) is 37.8 Å². The first-order valence-corrected chi connectivity index (χ1v) is 14.2. The maximum Gasteiger partial charge on any atom is 0.271 e. The number of anilines is 3. The number of hydrogen-bond donors (Lipinski definition) is 3. The summed E-state index contributed by atoms with van der Waals surface area (Å²) < 4.78 is 12.3. The van der Waals surface area contributed by atoms with E-state index in [0.29, 0.717) is 41.6 Å². The number of pyridine rings is 1. The molecule has 1 aromatic carbocycles. The molecular weight excluding hydrogens is 548 g/mol. The first-order valence-electron chi connectivity index (χ1n) is 14.2. The van der Waals surface area contributed by atoms with Crippen LogP contribution in [0.1, 0.15) is 28.0 Å². The molecule has 0 saturated heterocycles. The van der Waals surface area contributed by atoms with Crippen LogP contribution in [-0.2, 0) is 17.7 Å². The summed E-state index contributed by atoms with van der Waals surface area (Å²) in [5.74, 6) is 1.69. The fraction of sp³-hybridized carbons (Fsp3) is 0.290. The molecule has 3 N–H and O–H groups in total. The van der Waals surface area contributed by atoms with Gasteiger partial charge in [-0.3, -0.25) is 4.79 Å². The smallest absolute Gasteiger partial charge is 0.271 e. The molecule has 3 atom stereocenters. The SMILES string of the molecule is COc1ccc(CN2CCc3c(NC4=CC=CN(c5ccccn5)C4O)nn4c(C(=O)N[C@@H]5C[C@@H]5OC)cnc4c32)cc1. The second kappa shape index (κ2) is 11.0. The molecule has 12 nitrogen and oxygen atoms in total. The largest absolute Gasteiger partial charge is 0.497 e. The van der Waals surface area contributed by atoms with Crippen LogP contribution in [0.25, 0.3) is 5.65 Å². The fourth-order valence-electron chi connectivity index (χ4n) is 5.64. The van der Waals surface area contributed by atoms with Crippen molar-refractivity contribution in [3.05, 3.63) is 95.7 Å². The van der Waals surface area contributed by atoms with E-state index in [9.17, 15) is 9.90 Å². The Morgan fingerprint density at radius 3 is 2.74 bits per heavy atom. The molecule has 12 heteroatoms. The molecule has 5 heterocycles. The molecule has 0 spiro atoms. The van der Waals surface area contributed by atoms with Crippen molar-refractivity contribution in [1.82, 2.24) is 24.9 Å². The average molecular weight is 581 g/mol. The standard InChI is InChI=1S/C31H32N8O4/c1-42-20-10-8-19(9-11-20)18-37-15-12-21-27(37)29-33-17-24(30(40)35-23-16-25(23)43-2)39(29)36-28(21)34-22-6-5-14-38(31(22)41)26-7-3-4-13-32-26/h3-11,13-14,17,23,25,31,41H,12,15-16,18H2,1-2H3,(H,34,36)(H,35,40)/t23-,25+,31?/m1/s1. The molecule has 7 rings (SSSR count). The molecule has 1 fully saturated rings. The minimum absolute atomic E-state index is 0.0207. The van der Waals surface area contributed by atoms with Crippen molar-refractivity contribution in [2.24, 2.45) is 0 Å². The van der Waals surface area contributed by atoms with Crippen LogP contribution in [0.4, 0.5) is 17.3 Å². The van der Waals surface area contributed by atoms with Gasteiger partial charge < -0.3 is 35.0 Å². The maximum atomic E-state index is 13.3. The van der Waals surface area contributed by atoms with Crippen molar-refractivity contribution in [3.63, 3.8) is 0 Å². The average Bonchev–Trinajstić information content (AvgIpc) is 3.43. The molecular formula is C31H32N8O4. The number of aliphatic hydroxyl groups excluding tert-OH is 1. The molecule has 3 aliphatic rings. The van der Waals surface area contributed by atoms with Crippen LogP contribution in [-0.4, -0.2) is 69.7 Å². The summed E-state index contributed by atoms with van der Waals surface area (Å²) in [5, 5.41) is 22.6. The van der Waals surface area contributed by atoms with Gasteiger partial charge >= 0.3 is 0 Å². The van der Waals surface area contributed by atoms with Crippen molar-refractivity contribution < 1.29 is 19.4 Å². The third-order valence-corrected chi connectivity index (χ3v) is 8.03. The number of methoxy groups -OCH3 is 2. The normalized spacial score (nSPS) is 20.6. The first-order chi connectivity index (χ1) is 21.0. The van der Waals surface area contributed by atoms with Crippen LogP contribution >= 0.6 is 0 Å². The lowest BCUT2D eigenvalue weighted by molar-refractivity contribution is 0.0928. The Morgan fingerprint density at radius 1 is 1.14 bits per heavy atom. The van der Waals surface area contributed by atoms with Crippen molar-refractivity contribution in [1.29, 1.82) is 0 Å². The third kappa shape index (κ3) is 5.04. The number of aromatic nitrogens is 4. The van der Waals surface area contributed by atoms with E-state index in [0.717, 1.165) is 35.5 Å². The van der Waals surface area contributed by atoms with Gasteiger partial charge in [-0.15, -0.1) is 5.10 Å². The summed E-state index contributed by atoms with van der Waals surface area (Å²) in [5.41, 5.74) is 4.44. The molecule has 1 amide bonds. The molecule has 1 unspecified atom stereocenters. The number of amides is 1. The third-order valence-electron chi connectivity index (χ3n) is 8.03. The summed E-state index contributed by atoms with van der Waals surface area (Å²) in [6.45, 7) is 1.38. The second-order valence-corrected chi connectivity index (χ2v) is 10.7. The van der Waals surface area contributed by atoms with E-state index < -0.39 is 6.23 Å². The lowest BCUT2D eigenvalue weighted by Crippen LogP contribution is -2.37. The van der Waals surface area contributed by atoms with E-state index in [4.69, 9.17) is 14.6 Å². The Kier molecular flexibility index (Phi) is 6.92. The Morgan fingerprint density at radius 2 is 2.00 bits per heavy atom. The maximum absolute atomic E-state index is 13.3. The number of imidazole rings is 1. The summed E-state index contributed by atoms with van der Waals surface area (Å²) in [4.78, 5) is 26.3. The highest BCUT2D eigenvalue weighted by atomic mass is 16.5. The van der Waals surface area contributed by atoms with Crippen LogP contribution in [0, 0.1) is 0 Å². The Labute approximate surface area is 248 Å². The molecule has 1 aliphatic carbocycles. The zero-order valence-electron chi connectivity index (χ0n) is 23.8.